The third kappa shape index (κ3) is 19.2. The van der Waals surface area contributed by atoms with E-state index in [0.717, 1.165) is 48.5 Å². The summed E-state index contributed by atoms with van der Waals surface area (Å²) in [5, 5.41) is 76.7. The molecule has 9 aromatic rings. The number of amides is 2. The van der Waals surface area contributed by atoms with Gasteiger partial charge < -0.3 is 26.4 Å². The number of rotatable bonds is 29. The molecular formula is C51H46ClN19O23S7+2. The van der Waals surface area contributed by atoms with Gasteiger partial charge in [-0.05, 0) is 125 Å². The molecule has 0 radical (unpaired) electrons. The summed E-state index contributed by atoms with van der Waals surface area (Å²) in [6.07, 6.45) is 4.46. The Bertz CT molecular complexity index is 5230. The number of nitrogens with two attached hydrogens (primary N) is 1. The third-order valence-corrected chi connectivity index (χ3v) is 19.3. The van der Waals surface area contributed by atoms with E-state index in [1.54, 1.807) is 28.0 Å². The first kappa shape index (κ1) is 74.4. The normalized spacial score (nSPS) is 13.5. The van der Waals surface area contributed by atoms with Crippen LogP contribution in [-0.4, -0.2) is 143 Å². The number of hydrogen-bond donors (Lipinski definition) is 13. The van der Waals surface area contributed by atoms with E-state index in [4.69, 9.17) is 33.1 Å². The summed E-state index contributed by atoms with van der Waals surface area (Å²) < 4.78 is 158. The van der Waals surface area contributed by atoms with Crippen molar-refractivity contribution in [3.8, 4) is 5.75 Å². The number of primary amides is 1. The summed E-state index contributed by atoms with van der Waals surface area (Å²) >= 11 is 7.53. The number of phenolic OH excluding ortho intramolecular Hbond substituents is 1. The molecule has 42 nitrogen and oxygen atoms in total. The second-order valence-electron chi connectivity index (χ2n) is 20.1. The van der Waals surface area contributed by atoms with Gasteiger partial charge in [0, 0.05) is 58.7 Å². The highest BCUT2D eigenvalue weighted by molar-refractivity contribution is 7.95. The van der Waals surface area contributed by atoms with Crippen molar-refractivity contribution in [1.29, 1.82) is 0 Å². The lowest BCUT2D eigenvalue weighted by Crippen LogP contribution is -2.57. The van der Waals surface area contributed by atoms with Crippen LogP contribution in [-0.2, 0) is 68.6 Å². The van der Waals surface area contributed by atoms with E-state index in [1.807, 2.05) is 0 Å². The van der Waals surface area contributed by atoms with Gasteiger partial charge in [0.25, 0.3) is 40.5 Å². The number of azo groups is 3. The van der Waals surface area contributed by atoms with E-state index in [2.05, 4.69) is 105 Å². The van der Waals surface area contributed by atoms with E-state index < -0.39 is 88.9 Å². The molecule has 0 unspecified atom stereocenters. The number of urea groups is 1. The number of benzene rings is 7. The Hall–Kier alpha value is -9.27. The Labute approximate surface area is 584 Å². The first-order chi connectivity index (χ1) is 48.0. The van der Waals surface area contributed by atoms with E-state index in [0.29, 0.717) is 67.6 Å². The second-order valence-corrected chi connectivity index (χ2v) is 28.3. The molecule has 1 saturated heterocycles. The number of fused-ring (bicyclic) bond motifs is 2. The number of hydrogen-bond acceptors (Lipinski definition) is 37. The molecule has 10 rings (SSSR count). The second kappa shape index (κ2) is 32.2. The highest BCUT2D eigenvalue weighted by Gasteiger charge is 2.29. The van der Waals surface area contributed by atoms with Crippen LogP contribution in [0.15, 0.2) is 187 Å². The van der Waals surface area contributed by atoms with Gasteiger partial charge in [0.1, 0.15) is 37.4 Å². The summed E-state index contributed by atoms with van der Waals surface area (Å²) in [5.74, 6) is -1.01. The smallest absolute Gasteiger partial charge is 0.382 e. The maximum absolute atomic E-state index is 13.3. The standard InChI is InChI=1S/C51H44ClN19O23S7/c52-48-58-50(57-38-10-7-33-35(47(38)101(86,87)88)23-42(97-94-91-76)45(46(33)72)66-64-37-9-3-29(20-44(37)100(83,84)85)62-61-28-1-5-31(6-2-28)95-92-89-74)60-51(59-48)69-15-13-68(14-16-69)12-11-55-70-24-54-25-71(26-70)67-30-4-8-36(39(19-30)56-49(53)73)63-65-40-22-34-27(18-43(40)99(80,81)82)17-32(98(77,78)79)21-41(34)96-93-90-75/h1-10,17-26,55H,11-16H2,(H11-2,53,56,57,58,59,60,61,64,65,67,72,73,74,75,76,77,78,79,80,81,82,83,84,85,86,87,88)/p+2. The predicted molar refractivity (Wildman–Crippen MR) is 350 cm³/mol. The van der Waals surface area contributed by atoms with Crippen LogP contribution < -0.4 is 41.5 Å². The van der Waals surface area contributed by atoms with Crippen LogP contribution >= 0.6 is 47.7 Å². The van der Waals surface area contributed by atoms with Gasteiger partial charge in [0.2, 0.25) is 17.2 Å². The van der Waals surface area contributed by atoms with E-state index in [9.17, 15) is 61.8 Å². The number of halogens is 1. The van der Waals surface area contributed by atoms with Crippen molar-refractivity contribution in [2.75, 3.05) is 65.7 Å². The van der Waals surface area contributed by atoms with Gasteiger partial charge in [-0.25, -0.2) is 26.0 Å². The molecule has 50 heteroatoms. The number of aromatic hydroxyl groups is 1. The molecule has 1 fully saturated rings. The molecule has 0 atom stereocenters. The number of aromatic nitrogens is 6. The Morgan fingerprint density at radius 3 is 1.94 bits per heavy atom. The average molecular weight is 1550 g/mol. The summed E-state index contributed by atoms with van der Waals surface area (Å²) in [6, 6.07) is 19.7. The first-order valence-corrected chi connectivity index (χ1v) is 35.8. The molecule has 0 spiro atoms. The average Bonchev–Trinajstić information content (AvgIpc) is 0.756. The monoisotopic (exact) mass is 1550 g/mol. The summed E-state index contributed by atoms with van der Waals surface area (Å²) in [4.78, 5) is 30.0. The Morgan fingerprint density at radius 1 is 0.614 bits per heavy atom. The van der Waals surface area contributed by atoms with Gasteiger partial charge in [-0.2, -0.15) is 64.3 Å². The fraction of sp³-hybridized carbons (Fsp3) is 0.118. The lowest BCUT2D eigenvalue weighted by molar-refractivity contribution is -0.786. The van der Waals surface area contributed by atoms with Gasteiger partial charge in [0.15, 0.2) is 5.75 Å². The molecular weight excluding hydrogens is 1510 g/mol. The summed E-state index contributed by atoms with van der Waals surface area (Å²) in [5.41, 5.74) is 10.3. The fourth-order valence-corrected chi connectivity index (χ4v) is 13.7. The number of nitrogens with zero attached hydrogens (tertiary/aromatic N) is 14. The van der Waals surface area contributed by atoms with Crippen LogP contribution in [0.2, 0.25) is 5.28 Å². The summed E-state index contributed by atoms with van der Waals surface area (Å²) in [6.45, 7) is 2.59. The molecule has 0 bridgehead atoms. The molecule has 14 N–H and O–H groups in total. The lowest BCUT2D eigenvalue weighted by atomic mass is 10.1. The van der Waals surface area contributed by atoms with E-state index in [-0.39, 0.29) is 95.4 Å². The molecule has 530 valence electrons. The van der Waals surface area contributed by atoms with Crippen LogP contribution in [0.4, 0.5) is 67.9 Å². The minimum atomic E-state index is -5.26. The van der Waals surface area contributed by atoms with Crippen molar-refractivity contribution in [2.24, 2.45) is 36.4 Å². The van der Waals surface area contributed by atoms with Crippen molar-refractivity contribution in [3.05, 3.63) is 127 Å². The van der Waals surface area contributed by atoms with Gasteiger partial charge in [-0.3, -0.25) is 23.1 Å². The predicted octanol–water partition coefficient (Wildman–Crippen LogP) is 8.50. The number of piperazine rings is 1. The van der Waals surface area contributed by atoms with Crippen LogP contribution in [0, 0.1) is 0 Å². The van der Waals surface area contributed by atoms with Crippen molar-refractivity contribution in [1.82, 2.24) is 24.8 Å². The number of carbonyl (C=O) groups excluding carboxylic acids is 1. The maximum Gasteiger partial charge on any atom is 0.382 e. The molecule has 101 heavy (non-hydrogen) atoms. The Kier molecular flexibility index (Phi) is 23.7. The molecule has 2 amide bonds. The lowest BCUT2D eigenvalue weighted by Gasteiger charge is -2.34. The SMILES string of the molecule is NC(=O)Nc1cc(N[n+]2cnc[n+](NCCN3CCN(c4nc(Cl)nc(Nc5ccc6c(O)c(N=Nc7ccc(N=Nc8ccc(SOOO)cc8)cc7S(=O)(=O)O)c(SOOO)cc6c5S(=O)(=O)O)n4)CC3)c2)ccc1N=Nc1cc2c(SOOO)cc(S(=O)(=O)O)cc2cc1S(=O)(=O)O. The highest BCUT2D eigenvalue weighted by Crippen LogP contribution is 2.48. The van der Waals surface area contributed by atoms with Gasteiger partial charge in [-0.1, -0.05) is 19.8 Å². The number of nitrogens with one attached hydrogen (secondary N) is 4. The minimum absolute atomic E-state index is 0.0315. The highest BCUT2D eigenvalue weighted by atomic mass is 35.5. The van der Waals surface area contributed by atoms with Crippen LogP contribution in [0.5, 0.6) is 5.75 Å². The third-order valence-electron chi connectivity index (χ3n) is 13.7. The zero-order valence-corrected chi connectivity index (χ0v) is 56.5. The van der Waals surface area contributed by atoms with Crippen LogP contribution in [0.1, 0.15) is 0 Å². The number of anilines is 5. The quantitative estimate of drug-likeness (QED) is 0.00521. The molecule has 3 heterocycles. The van der Waals surface area contributed by atoms with Crippen LogP contribution in [0.3, 0.4) is 0 Å². The first-order valence-electron chi connectivity index (χ1n) is 27.5. The zero-order chi connectivity index (χ0) is 72.4. The maximum atomic E-state index is 13.3. The number of carbonyl (C=O) groups is 1. The molecule has 1 aliphatic heterocycles. The molecule has 7 aromatic carbocycles. The van der Waals surface area contributed by atoms with Crippen molar-refractivity contribution in [3.63, 3.8) is 0 Å². The van der Waals surface area contributed by atoms with Crippen molar-refractivity contribution < 1.29 is 115 Å². The van der Waals surface area contributed by atoms with Crippen molar-refractivity contribution in [2.45, 2.75) is 34.3 Å². The van der Waals surface area contributed by atoms with Crippen molar-refractivity contribution >= 4 is 179 Å². The largest absolute Gasteiger partial charge is 0.505 e. The van der Waals surface area contributed by atoms with Crippen LogP contribution in [0.25, 0.3) is 21.5 Å². The summed E-state index contributed by atoms with van der Waals surface area (Å²) in [7, 11) is -20.3. The van der Waals surface area contributed by atoms with E-state index >= 15 is 0 Å². The Morgan fingerprint density at radius 2 is 1.26 bits per heavy atom. The number of phenols is 1. The molecule has 1 aliphatic rings. The minimum Gasteiger partial charge on any atom is -0.505 e. The van der Waals surface area contributed by atoms with Gasteiger partial charge in [-0.15, -0.1) is 33.5 Å². The fourth-order valence-electron chi connectivity index (χ4n) is 9.41. The molecule has 0 aliphatic carbocycles. The molecule has 0 saturated carbocycles. The zero-order valence-electron chi connectivity index (χ0n) is 50.1. The Balaban J connectivity index is 0.791. The van der Waals surface area contributed by atoms with Gasteiger partial charge >= 0.3 is 25.0 Å². The molecule has 2 aromatic heterocycles. The van der Waals surface area contributed by atoms with E-state index in [1.165, 1.54) is 59.8 Å². The topological polar surface area (TPSA) is 585 Å². The van der Waals surface area contributed by atoms with Gasteiger partial charge in [0.05, 0.1) is 85.9 Å².